The van der Waals surface area contributed by atoms with Gasteiger partial charge < -0.3 is 4.74 Å². The molecule has 0 radical (unpaired) electrons. The minimum Gasteiger partial charge on any atom is -0.497 e. The van der Waals surface area contributed by atoms with Crippen LogP contribution in [0.15, 0.2) is 48.3 Å². The van der Waals surface area contributed by atoms with Gasteiger partial charge in [0.2, 0.25) is 0 Å². The second-order valence-electron chi connectivity index (χ2n) is 2.48. The van der Waals surface area contributed by atoms with Gasteiger partial charge in [0.1, 0.15) is 5.76 Å². The Bertz CT molecular complexity index is 231. The molecule has 0 N–H and O–H groups in total. The molecule has 0 aromatic carbocycles. The van der Waals surface area contributed by atoms with Crippen LogP contribution in [-0.2, 0) is 4.74 Å². The summed E-state index contributed by atoms with van der Waals surface area (Å²) in [5.41, 5.74) is 1.99. The molecule has 0 fully saturated rings. The van der Waals surface area contributed by atoms with E-state index < -0.39 is 0 Å². The Labute approximate surface area is 74.7 Å². The molecular weight excluding hydrogens is 148 g/mol. The molecule has 0 amide bonds. The maximum absolute atomic E-state index is 5.08. The molecule has 0 spiro atoms. The second-order valence-corrected chi connectivity index (χ2v) is 2.48. The monoisotopic (exact) mass is 164 g/mol. The van der Waals surface area contributed by atoms with E-state index in [2.05, 4.69) is 13.2 Å². The summed E-state index contributed by atoms with van der Waals surface area (Å²) in [6, 6.07) is 0. The number of allylic oxidation sites excluding steroid dienone is 5. The summed E-state index contributed by atoms with van der Waals surface area (Å²) in [6.07, 6.45) is 5.58. The molecule has 0 saturated carbocycles. The second kappa shape index (κ2) is 5.42. The molecule has 0 aromatic heterocycles. The van der Waals surface area contributed by atoms with Crippen LogP contribution in [0.25, 0.3) is 0 Å². The third-order valence-corrected chi connectivity index (χ3v) is 1.53. The van der Waals surface area contributed by atoms with Crippen LogP contribution in [0.3, 0.4) is 0 Å². The fraction of sp³-hybridized carbons (Fsp3) is 0.273. The first-order valence-electron chi connectivity index (χ1n) is 3.86. The molecule has 0 aliphatic heterocycles. The van der Waals surface area contributed by atoms with Crippen molar-refractivity contribution in [1.82, 2.24) is 0 Å². The van der Waals surface area contributed by atoms with Crippen LogP contribution in [0.2, 0.25) is 0 Å². The van der Waals surface area contributed by atoms with E-state index in [4.69, 9.17) is 4.74 Å². The van der Waals surface area contributed by atoms with Crippen LogP contribution in [0.4, 0.5) is 0 Å². The molecule has 0 heterocycles. The summed E-state index contributed by atoms with van der Waals surface area (Å²) >= 11 is 0. The maximum Gasteiger partial charge on any atom is 0.115 e. The van der Waals surface area contributed by atoms with Crippen LogP contribution >= 0.6 is 0 Å². The van der Waals surface area contributed by atoms with Crippen molar-refractivity contribution < 1.29 is 4.74 Å². The molecule has 0 bridgehead atoms. The lowest BCUT2D eigenvalue weighted by Crippen LogP contribution is -1.85. The quantitative estimate of drug-likeness (QED) is 0.458. The average molecular weight is 164 g/mol. The van der Waals surface area contributed by atoms with E-state index in [1.54, 1.807) is 13.2 Å². The summed E-state index contributed by atoms with van der Waals surface area (Å²) in [7, 11) is 1.64. The third kappa shape index (κ3) is 3.24. The first-order chi connectivity index (χ1) is 5.65. The zero-order valence-corrected chi connectivity index (χ0v) is 8.05. The van der Waals surface area contributed by atoms with Crippen molar-refractivity contribution >= 4 is 0 Å². The number of rotatable bonds is 4. The Morgan fingerprint density at radius 3 is 2.25 bits per heavy atom. The maximum atomic E-state index is 5.08. The molecule has 0 aliphatic carbocycles. The van der Waals surface area contributed by atoms with Crippen molar-refractivity contribution in [3.8, 4) is 0 Å². The number of ether oxygens (including phenoxy) is 1. The SMILES string of the molecule is C=C/C(=C\C(=C/C)OC)C(=C)C. The largest absolute Gasteiger partial charge is 0.497 e. The smallest absolute Gasteiger partial charge is 0.115 e. The highest BCUT2D eigenvalue weighted by Gasteiger charge is 1.94. The van der Waals surface area contributed by atoms with Crippen LogP contribution in [0, 0.1) is 0 Å². The zero-order chi connectivity index (χ0) is 9.56. The minimum absolute atomic E-state index is 0.827. The van der Waals surface area contributed by atoms with E-state index in [1.807, 2.05) is 26.0 Å². The fourth-order valence-corrected chi connectivity index (χ4v) is 0.770. The van der Waals surface area contributed by atoms with Crippen molar-refractivity contribution in [2.75, 3.05) is 7.11 Å². The van der Waals surface area contributed by atoms with E-state index in [-0.39, 0.29) is 0 Å². The normalized spacial score (nSPS) is 12.6. The molecule has 0 aromatic rings. The molecular formula is C11H16O. The Balaban J connectivity index is 4.70. The Kier molecular flexibility index (Phi) is 4.86. The van der Waals surface area contributed by atoms with Gasteiger partial charge in [0, 0.05) is 0 Å². The lowest BCUT2D eigenvalue weighted by Gasteiger charge is -2.02. The van der Waals surface area contributed by atoms with Crippen LogP contribution in [0.5, 0.6) is 0 Å². The van der Waals surface area contributed by atoms with E-state index in [0.29, 0.717) is 0 Å². The van der Waals surface area contributed by atoms with Gasteiger partial charge in [-0.1, -0.05) is 24.8 Å². The van der Waals surface area contributed by atoms with Crippen LogP contribution < -0.4 is 0 Å². The van der Waals surface area contributed by atoms with Gasteiger partial charge in [-0.2, -0.15) is 0 Å². The highest BCUT2D eigenvalue weighted by atomic mass is 16.5. The Morgan fingerprint density at radius 2 is 2.00 bits per heavy atom. The van der Waals surface area contributed by atoms with Gasteiger partial charge in [-0.3, -0.25) is 0 Å². The highest BCUT2D eigenvalue weighted by Crippen LogP contribution is 2.11. The molecule has 0 saturated heterocycles. The zero-order valence-electron chi connectivity index (χ0n) is 8.05. The van der Waals surface area contributed by atoms with E-state index in [1.165, 1.54) is 0 Å². The van der Waals surface area contributed by atoms with Crippen molar-refractivity contribution in [2.24, 2.45) is 0 Å². The number of hydrogen-bond donors (Lipinski definition) is 0. The first kappa shape index (κ1) is 10.8. The molecule has 66 valence electrons. The van der Waals surface area contributed by atoms with Crippen LogP contribution in [-0.4, -0.2) is 7.11 Å². The molecule has 0 atom stereocenters. The molecule has 1 heteroatoms. The predicted molar refractivity (Wildman–Crippen MR) is 53.9 cm³/mol. The molecule has 1 nitrogen and oxygen atoms in total. The summed E-state index contributed by atoms with van der Waals surface area (Å²) in [5.74, 6) is 0.827. The minimum atomic E-state index is 0.827. The fourth-order valence-electron chi connectivity index (χ4n) is 0.770. The molecule has 0 unspecified atom stereocenters. The molecule has 0 aliphatic rings. The topological polar surface area (TPSA) is 9.23 Å². The Morgan fingerprint density at radius 1 is 1.42 bits per heavy atom. The van der Waals surface area contributed by atoms with Gasteiger partial charge in [0.05, 0.1) is 7.11 Å². The van der Waals surface area contributed by atoms with Crippen LogP contribution in [0.1, 0.15) is 13.8 Å². The Hall–Kier alpha value is -1.24. The first-order valence-corrected chi connectivity index (χ1v) is 3.86. The van der Waals surface area contributed by atoms with Crippen molar-refractivity contribution in [3.63, 3.8) is 0 Å². The van der Waals surface area contributed by atoms with Gasteiger partial charge in [-0.05, 0) is 31.6 Å². The molecule has 12 heavy (non-hydrogen) atoms. The van der Waals surface area contributed by atoms with Gasteiger partial charge in [-0.15, -0.1) is 0 Å². The number of hydrogen-bond acceptors (Lipinski definition) is 1. The van der Waals surface area contributed by atoms with Crippen molar-refractivity contribution in [3.05, 3.63) is 48.3 Å². The van der Waals surface area contributed by atoms with Gasteiger partial charge in [-0.25, -0.2) is 0 Å². The predicted octanol–water partition coefficient (Wildman–Crippen LogP) is 3.23. The van der Waals surface area contributed by atoms with Crippen molar-refractivity contribution in [1.29, 1.82) is 0 Å². The third-order valence-electron chi connectivity index (χ3n) is 1.53. The summed E-state index contributed by atoms with van der Waals surface area (Å²) in [4.78, 5) is 0. The summed E-state index contributed by atoms with van der Waals surface area (Å²) in [6.45, 7) is 11.4. The lowest BCUT2D eigenvalue weighted by molar-refractivity contribution is 0.306. The van der Waals surface area contributed by atoms with E-state index in [9.17, 15) is 0 Å². The van der Waals surface area contributed by atoms with Gasteiger partial charge in [0.15, 0.2) is 0 Å². The lowest BCUT2D eigenvalue weighted by atomic mass is 10.1. The van der Waals surface area contributed by atoms with E-state index in [0.717, 1.165) is 16.9 Å². The average Bonchev–Trinajstić information content (AvgIpc) is 2.06. The van der Waals surface area contributed by atoms with Gasteiger partial charge >= 0.3 is 0 Å². The summed E-state index contributed by atoms with van der Waals surface area (Å²) < 4.78 is 5.08. The summed E-state index contributed by atoms with van der Waals surface area (Å²) in [5, 5.41) is 0. The van der Waals surface area contributed by atoms with Gasteiger partial charge in [0.25, 0.3) is 0 Å². The molecule has 0 rings (SSSR count). The highest BCUT2D eigenvalue weighted by molar-refractivity contribution is 5.39. The number of methoxy groups -OCH3 is 1. The van der Waals surface area contributed by atoms with Crippen molar-refractivity contribution in [2.45, 2.75) is 13.8 Å². The standard InChI is InChI=1S/C11H16O/c1-6-10(9(3)4)8-11(7-2)12-5/h6-8H,1,3H2,2,4-5H3/b10-8+,11-7+. The van der Waals surface area contributed by atoms with E-state index >= 15 is 0 Å².